The Balaban J connectivity index is 2.65. The second-order valence-electron chi connectivity index (χ2n) is 5.41. The molecule has 1 rings (SSSR count). The molecule has 1 fully saturated rings. The molecule has 0 aromatic heterocycles. The first kappa shape index (κ1) is 14.7. The summed E-state index contributed by atoms with van der Waals surface area (Å²) in [6.45, 7) is 8.83. The van der Waals surface area contributed by atoms with E-state index in [2.05, 4.69) is 6.92 Å². The molecule has 2 atom stereocenters. The van der Waals surface area contributed by atoms with E-state index < -0.39 is 5.60 Å². The number of carbonyl (C=O) groups excluding carboxylic acids is 1. The van der Waals surface area contributed by atoms with Gasteiger partial charge in [-0.05, 0) is 46.0 Å². The highest BCUT2D eigenvalue weighted by atomic mass is 16.5. The van der Waals surface area contributed by atoms with Gasteiger partial charge in [0.1, 0.15) is 12.2 Å². The molecule has 3 heteroatoms. The number of ether oxygens (including phenoxy) is 2. The Bertz CT molecular complexity index is 246. The van der Waals surface area contributed by atoms with E-state index >= 15 is 0 Å². The van der Waals surface area contributed by atoms with Crippen LogP contribution in [0.1, 0.15) is 53.4 Å². The fourth-order valence-electron chi connectivity index (χ4n) is 2.62. The molecule has 1 aliphatic carbocycles. The van der Waals surface area contributed by atoms with Crippen molar-refractivity contribution in [3.63, 3.8) is 0 Å². The molecule has 2 unspecified atom stereocenters. The van der Waals surface area contributed by atoms with Gasteiger partial charge in [0.05, 0.1) is 6.10 Å². The Hall–Kier alpha value is -0.410. The van der Waals surface area contributed by atoms with Crippen LogP contribution in [0.3, 0.4) is 0 Å². The van der Waals surface area contributed by atoms with E-state index in [1.54, 1.807) is 0 Å². The number of rotatable bonds is 6. The van der Waals surface area contributed by atoms with E-state index in [1.807, 2.05) is 20.8 Å². The number of carbonyl (C=O) groups is 1. The van der Waals surface area contributed by atoms with Crippen LogP contribution in [0.2, 0.25) is 0 Å². The minimum atomic E-state index is -0.568. The molecule has 0 N–H and O–H groups in total. The lowest BCUT2D eigenvalue weighted by Crippen LogP contribution is -2.47. The fourth-order valence-corrected chi connectivity index (χ4v) is 2.62. The van der Waals surface area contributed by atoms with Crippen LogP contribution in [0.5, 0.6) is 0 Å². The van der Waals surface area contributed by atoms with Gasteiger partial charge in [-0.25, -0.2) is 0 Å². The molecular weight excluding hydrogens is 216 g/mol. The van der Waals surface area contributed by atoms with Crippen LogP contribution in [-0.4, -0.2) is 30.7 Å². The summed E-state index contributed by atoms with van der Waals surface area (Å²) in [6.07, 6.45) is 4.08. The third-order valence-electron chi connectivity index (χ3n) is 3.43. The summed E-state index contributed by atoms with van der Waals surface area (Å²) in [7, 11) is 0. The Kier molecular flexibility index (Phi) is 5.60. The highest BCUT2D eigenvalue weighted by Gasteiger charge is 2.42. The van der Waals surface area contributed by atoms with Crippen molar-refractivity contribution in [1.82, 2.24) is 0 Å². The molecule has 0 amide bonds. The maximum Gasteiger partial charge on any atom is 0.190 e. The molecule has 0 radical (unpaired) electrons. The van der Waals surface area contributed by atoms with Crippen LogP contribution < -0.4 is 0 Å². The molecular formula is C14H26O3. The van der Waals surface area contributed by atoms with Gasteiger partial charge in [-0.1, -0.05) is 13.3 Å². The van der Waals surface area contributed by atoms with Crippen molar-refractivity contribution in [1.29, 1.82) is 0 Å². The summed E-state index contributed by atoms with van der Waals surface area (Å²) in [5.74, 6) is 0.692. The zero-order valence-corrected chi connectivity index (χ0v) is 11.6. The van der Waals surface area contributed by atoms with Gasteiger partial charge in [0, 0.05) is 6.61 Å². The normalized spacial score (nSPS) is 29.6. The molecule has 0 saturated heterocycles. The molecule has 1 aliphatic rings. The maximum absolute atomic E-state index is 12.3. The second-order valence-corrected chi connectivity index (χ2v) is 5.41. The summed E-state index contributed by atoms with van der Waals surface area (Å²) in [4.78, 5) is 12.3. The van der Waals surface area contributed by atoms with Crippen molar-refractivity contribution in [3.05, 3.63) is 0 Å². The van der Waals surface area contributed by atoms with Crippen molar-refractivity contribution in [2.75, 3.05) is 13.2 Å². The maximum atomic E-state index is 12.3. The molecule has 0 bridgehead atoms. The van der Waals surface area contributed by atoms with Crippen LogP contribution >= 0.6 is 0 Å². The SMILES string of the molecule is CCOC1(C(=O)COC(C)C)CCCC(C)C1. The predicted molar refractivity (Wildman–Crippen MR) is 68.1 cm³/mol. The van der Waals surface area contributed by atoms with Crippen molar-refractivity contribution in [2.24, 2.45) is 5.92 Å². The van der Waals surface area contributed by atoms with Crippen LogP contribution in [0.4, 0.5) is 0 Å². The van der Waals surface area contributed by atoms with Crippen LogP contribution in [0, 0.1) is 5.92 Å². The summed E-state index contributed by atoms with van der Waals surface area (Å²) in [5.41, 5.74) is -0.568. The Morgan fingerprint density at radius 3 is 2.71 bits per heavy atom. The number of hydrogen-bond donors (Lipinski definition) is 0. The van der Waals surface area contributed by atoms with Crippen molar-refractivity contribution in [3.8, 4) is 0 Å². The topological polar surface area (TPSA) is 35.5 Å². The van der Waals surface area contributed by atoms with E-state index in [9.17, 15) is 4.79 Å². The van der Waals surface area contributed by atoms with Crippen LogP contribution in [-0.2, 0) is 14.3 Å². The van der Waals surface area contributed by atoms with Gasteiger partial charge in [-0.3, -0.25) is 4.79 Å². The first-order valence-corrected chi connectivity index (χ1v) is 6.79. The highest BCUT2D eigenvalue weighted by Crippen LogP contribution is 2.36. The average molecular weight is 242 g/mol. The van der Waals surface area contributed by atoms with Crippen LogP contribution in [0.15, 0.2) is 0 Å². The lowest BCUT2D eigenvalue weighted by atomic mass is 9.76. The Morgan fingerprint density at radius 1 is 1.47 bits per heavy atom. The van der Waals surface area contributed by atoms with Gasteiger partial charge >= 0.3 is 0 Å². The van der Waals surface area contributed by atoms with Gasteiger partial charge < -0.3 is 9.47 Å². The largest absolute Gasteiger partial charge is 0.371 e. The molecule has 100 valence electrons. The summed E-state index contributed by atoms with van der Waals surface area (Å²) in [5, 5.41) is 0. The van der Waals surface area contributed by atoms with Gasteiger partial charge in [0.25, 0.3) is 0 Å². The number of hydrogen-bond acceptors (Lipinski definition) is 3. The van der Waals surface area contributed by atoms with E-state index in [-0.39, 0.29) is 18.5 Å². The molecule has 1 saturated carbocycles. The molecule has 0 spiro atoms. The van der Waals surface area contributed by atoms with Crippen LogP contribution in [0.25, 0.3) is 0 Å². The van der Waals surface area contributed by atoms with Crippen molar-refractivity contribution >= 4 is 5.78 Å². The van der Waals surface area contributed by atoms with Gasteiger partial charge in [0.2, 0.25) is 0 Å². The number of Topliss-reactive ketones (excluding diaryl/α,β-unsaturated/α-hetero) is 1. The summed E-state index contributed by atoms with van der Waals surface area (Å²) >= 11 is 0. The molecule has 0 aliphatic heterocycles. The van der Waals surface area contributed by atoms with Crippen molar-refractivity contribution in [2.45, 2.75) is 65.1 Å². The predicted octanol–water partition coefficient (Wildman–Crippen LogP) is 2.97. The molecule has 0 aromatic rings. The van der Waals surface area contributed by atoms with Crippen molar-refractivity contribution < 1.29 is 14.3 Å². The van der Waals surface area contributed by atoms with E-state index in [0.29, 0.717) is 12.5 Å². The zero-order chi connectivity index (χ0) is 12.9. The molecule has 17 heavy (non-hydrogen) atoms. The van der Waals surface area contributed by atoms with Gasteiger partial charge in [0.15, 0.2) is 5.78 Å². The Labute approximate surface area is 105 Å². The molecule has 0 heterocycles. The quantitative estimate of drug-likeness (QED) is 0.718. The van der Waals surface area contributed by atoms with Gasteiger partial charge in [-0.2, -0.15) is 0 Å². The lowest BCUT2D eigenvalue weighted by Gasteiger charge is -2.38. The second kappa shape index (κ2) is 6.50. The minimum absolute atomic E-state index is 0.0960. The first-order valence-electron chi connectivity index (χ1n) is 6.79. The van der Waals surface area contributed by atoms with E-state index in [1.165, 1.54) is 6.42 Å². The van der Waals surface area contributed by atoms with E-state index in [4.69, 9.17) is 9.47 Å². The minimum Gasteiger partial charge on any atom is -0.371 e. The average Bonchev–Trinajstić information content (AvgIpc) is 2.26. The third kappa shape index (κ3) is 4.07. The fraction of sp³-hybridized carbons (Fsp3) is 0.929. The monoisotopic (exact) mass is 242 g/mol. The Morgan fingerprint density at radius 2 is 2.18 bits per heavy atom. The molecule has 0 aromatic carbocycles. The molecule has 3 nitrogen and oxygen atoms in total. The first-order chi connectivity index (χ1) is 8.00. The lowest BCUT2D eigenvalue weighted by molar-refractivity contribution is -0.157. The smallest absolute Gasteiger partial charge is 0.190 e. The van der Waals surface area contributed by atoms with E-state index in [0.717, 1.165) is 19.3 Å². The third-order valence-corrected chi connectivity index (χ3v) is 3.43. The van der Waals surface area contributed by atoms with Gasteiger partial charge in [-0.15, -0.1) is 0 Å². The standard InChI is InChI=1S/C14H26O3/c1-5-17-14(8-6-7-12(4)9-14)13(15)10-16-11(2)3/h11-12H,5-10H2,1-4H3. The highest BCUT2D eigenvalue weighted by molar-refractivity contribution is 5.88. The summed E-state index contributed by atoms with van der Waals surface area (Å²) < 4.78 is 11.2. The summed E-state index contributed by atoms with van der Waals surface area (Å²) in [6, 6.07) is 0. The number of ketones is 1. The zero-order valence-electron chi connectivity index (χ0n) is 11.6.